The summed E-state index contributed by atoms with van der Waals surface area (Å²) in [6.45, 7) is 3.74. The Balaban J connectivity index is 1.33. The number of nitrogens with two attached hydrogens (primary N) is 2. The molecule has 3 heterocycles. The molecular weight excluding hydrogens is 584 g/mol. The fourth-order valence-electron chi connectivity index (χ4n) is 5.84. The average molecular weight is 624 g/mol. The van der Waals surface area contributed by atoms with Crippen molar-refractivity contribution in [3.8, 4) is 16.9 Å². The molecule has 8 nitrogen and oxygen atoms in total. The van der Waals surface area contributed by atoms with Gasteiger partial charge in [-0.25, -0.2) is 13.6 Å². The number of piperidine rings is 1. The Kier molecular flexibility index (Phi) is 9.82. The lowest BCUT2D eigenvalue weighted by molar-refractivity contribution is 0.315. The van der Waals surface area contributed by atoms with Gasteiger partial charge < -0.3 is 21.8 Å². The van der Waals surface area contributed by atoms with Crippen LogP contribution in [0.1, 0.15) is 69.5 Å². The van der Waals surface area contributed by atoms with Crippen LogP contribution in [0, 0.1) is 5.82 Å². The molecule has 1 aliphatic rings. The second-order valence-corrected chi connectivity index (χ2v) is 12.8. The number of aryl methyl sites for hydroxylation is 1. The van der Waals surface area contributed by atoms with E-state index in [1.807, 2.05) is 38.1 Å². The highest BCUT2D eigenvalue weighted by Crippen LogP contribution is 2.32. The maximum absolute atomic E-state index is 15.2. The Morgan fingerprint density at radius 1 is 1.20 bits per heavy atom. The van der Waals surface area contributed by atoms with Crippen molar-refractivity contribution >= 4 is 28.5 Å². The van der Waals surface area contributed by atoms with Crippen molar-refractivity contribution in [1.82, 2.24) is 19.9 Å². The van der Waals surface area contributed by atoms with E-state index in [4.69, 9.17) is 23.1 Å². The van der Waals surface area contributed by atoms with Crippen molar-refractivity contribution in [2.24, 2.45) is 16.5 Å². The molecule has 4 aromatic rings. The molecule has 6 N–H and O–H groups in total. The molecule has 0 aliphatic carbocycles. The van der Waals surface area contributed by atoms with E-state index in [9.17, 15) is 9.18 Å². The Morgan fingerprint density at radius 3 is 2.70 bits per heavy atom. The molecule has 1 fully saturated rings. The quantitative estimate of drug-likeness (QED) is 0.118. The highest BCUT2D eigenvalue weighted by molar-refractivity contribution is 6.31. The molecule has 5 rings (SSSR count). The molecule has 2 aromatic carbocycles. The first-order chi connectivity index (χ1) is 21.0. The molecule has 11 heteroatoms. The molecule has 2 atom stereocenters. The van der Waals surface area contributed by atoms with Crippen LogP contribution in [-0.2, 0) is 6.42 Å². The number of rotatable bonds is 11. The van der Waals surface area contributed by atoms with Crippen molar-refractivity contribution < 1.29 is 8.78 Å². The van der Waals surface area contributed by atoms with Crippen molar-refractivity contribution in [2.75, 3.05) is 13.2 Å². The van der Waals surface area contributed by atoms with Crippen molar-refractivity contribution in [3.05, 3.63) is 81.1 Å². The molecule has 0 amide bonds. The van der Waals surface area contributed by atoms with Crippen LogP contribution < -0.4 is 22.5 Å². The van der Waals surface area contributed by atoms with Gasteiger partial charge in [-0.3, -0.25) is 9.56 Å². The number of H-pyrrole nitrogens is 1. The third-order valence-corrected chi connectivity index (χ3v) is 8.43. The van der Waals surface area contributed by atoms with Crippen LogP contribution in [0.5, 0.6) is 0 Å². The van der Waals surface area contributed by atoms with E-state index in [-0.39, 0.29) is 28.5 Å². The van der Waals surface area contributed by atoms with Crippen molar-refractivity contribution in [3.63, 3.8) is 0 Å². The van der Waals surface area contributed by atoms with Gasteiger partial charge in [-0.15, -0.1) is 0 Å². The predicted molar refractivity (Wildman–Crippen MR) is 174 cm³/mol. The maximum atomic E-state index is 15.2. The fraction of sp³-hybridized carbons (Fsp3) is 0.424. The van der Waals surface area contributed by atoms with Crippen LogP contribution in [0.3, 0.4) is 0 Å². The third-order valence-electron chi connectivity index (χ3n) is 8.16. The van der Waals surface area contributed by atoms with Crippen molar-refractivity contribution in [2.45, 2.75) is 76.4 Å². The highest BCUT2D eigenvalue weighted by Gasteiger charge is 2.22. The molecule has 0 radical (unpaired) electrons. The van der Waals surface area contributed by atoms with E-state index >= 15 is 4.39 Å². The molecule has 2 aromatic heterocycles. The Hall–Kier alpha value is -3.60. The summed E-state index contributed by atoms with van der Waals surface area (Å²) in [6, 6.07) is 13.5. The standard InChI is InChI=1S/C33H40ClF2N7O/c1-33(2,38)13-4-5-20-15-25(30(36)26(34)16-20)28-17-22-19-43(32(44)42-31(22)41-28)24-10-8-21(9-11-24)27-7-3-6-23(40-27)12-14-39-29(37)18-35/h8-11,15-17,19,23,27,40H,3-7,12-14,18,38H2,1-2H3,(H2,37,39)(H,41,42,44)/t23-,27-/m0/s1. The van der Waals surface area contributed by atoms with Gasteiger partial charge in [0.1, 0.15) is 18.2 Å². The van der Waals surface area contributed by atoms with Crippen LogP contribution in [0.2, 0.25) is 5.02 Å². The number of fused-ring (bicyclic) bond motifs is 1. The van der Waals surface area contributed by atoms with E-state index in [1.165, 1.54) is 4.57 Å². The summed E-state index contributed by atoms with van der Waals surface area (Å²) >= 11 is 6.27. The fourth-order valence-corrected chi connectivity index (χ4v) is 6.08. The van der Waals surface area contributed by atoms with Gasteiger partial charge in [0.25, 0.3) is 0 Å². The van der Waals surface area contributed by atoms with Crippen LogP contribution in [0.15, 0.2) is 58.4 Å². The summed E-state index contributed by atoms with van der Waals surface area (Å²) in [4.78, 5) is 24.4. The van der Waals surface area contributed by atoms with E-state index in [1.54, 1.807) is 24.4 Å². The zero-order valence-corrected chi connectivity index (χ0v) is 25.9. The lowest BCUT2D eigenvalue weighted by Gasteiger charge is -2.31. The number of aromatic amines is 1. The molecule has 1 saturated heterocycles. The minimum absolute atomic E-state index is 0.0378. The number of nitrogens with zero attached hydrogens (tertiary/aromatic N) is 3. The van der Waals surface area contributed by atoms with Crippen LogP contribution in [0.25, 0.3) is 28.0 Å². The van der Waals surface area contributed by atoms with Gasteiger partial charge in [0.05, 0.1) is 16.4 Å². The normalized spacial score (nSPS) is 17.8. The number of halogens is 3. The minimum atomic E-state index is -0.722. The number of hydrogen-bond donors (Lipinski definition) is 4. The first-order valence-corrected chi connectivity index (χ1v) is 15.5. The summed E-state index contributed by atoms with van der Waals surface area (Å²) in [5.74, 6) is -0.488. The number of aromatic nitrogens is 3. The summed E-state index contributed by atoms with van der Waals surface area (Å²) in [5.41, 5.74) is 14.8. The van der Waals surface area contributed by atoms with Crippen LogP contribution in [0.4, 0.5) is 8.78 Å². The molecule has 44 heavy (non-hydrogen) atoms. The zero-order chi connectivity index (χ0) is 31.4. The van der Waals surface area contributed by atoms with Gasteiger partial charge in [-0.1, -0.05) is 30.2 Å². The maximum Gasteiger partial charge on any atom is 0.354 e. The van der Waals surface area contributed by atoms with Gasteiger partial charge >= 0.3 is 5.69 Å². The van der Waals surface area contributed by atoms with Crippen LogP contribution in [-0.4, -0.2) is 45.2 Å². The van der Waals surface area contributed by atoms with E-state index < -0.39 is 18.2 Å². The lowest BCUT2D eigenvalue weighted by atomic mass is 9.92. The topological polar surface area (TPSA) is 127 Å². The first-order valence-electron chi connectivity index (χ1n) is 15.1. The van der Waals surface area contributed by atoms with E-state index in [0.29, 0.717) is 40.9 Å². The zero-order valence-electron chi connectivity index (χ0n) is 25.2. The molecule has 0 bridgehead atoms. The second kappa shape index (κ2) is 13.6. The number of hydrogen-bond acceptors (Lipinski definition) is 5. The average Bonchev–Trinajstić information content (AvgIpc) is 3.40. The minimum Gasteiger partial charge on any atom is -0.385 e. The molecule has 0 spiro atoms. The SMILES string of the molecule is CC(C)(N)CCCc1cc(Cl)c(F)c(-c2cc3cn(-c4ccc([C@@H]5CCC[C@@H](CCN=C(N)CF)N5)cc4)c(=O)nc3[nH]2)c1. The Bertz CT molecular complexity index is 1690. The van der Waals surface area contributed by atoms with Crippen LogP contribution >= 0.6 is 11.6 Å². The predicted octanol–water partition coefficient (Wildman–Crippen LogP) is 6.13. The van der Waals surface area contributed by atoms with Crippen molar-refractivity contribution in [1.29, 1.82) is 0 Å². The smallest absolute Gasteiger partial charge is 0.354 e. The van der Waals surface area contributed by atoms with E-state index in [0.717, 1.165) is 49.7 Å². The monoisotopic (exact) mass is 623 g/mol. The second-order valence-electron chi connectivity index (χ2n) is 12.4. The van der Waals surface area contributed by atoms with Gasteiger partial charge in [0.15, 0.2) is 5.82 Å². The summed E-state index contributed by atoms with van der Waals surface area (Å²) in [6.07, 6.45) is 8.00. The molecule has 0 unspecified atom stereocenters. The Morgan fingerprint density at radius 2 is 1.98 bits per heavy atom. The number of amidine groups is 1. The summed E-state index contributed by atoms with van der Waals surface area (Å²) in [7, 11) is 0. The lowest BCUT2D eigenvalue weighted by Crippen LogP contribution is -2.37. The van der Waals surface area contributed by atoms with Gasteiger partial charge in [0, 0.05) is 41.3 Å². The molecule has 234 valence electrons. The largest absolute Gasteiger partial charge is 0.385 e. The first kappa shape index (κ1) is 31.8. The molecule has 0 saturated carbocycles. The molecular formula is C33H40ClF2N7O. The van der Waals surface area contributed by atoms with Gasteiger partial charge in [-0.05, 0) is 93.8 Å². The number of nitrogens with one attached hydrogen (secondary N) is 2. The number of alkyl halides is 1. The number of benzene rings is 2. The highest BCUT2D eigenvalue weighted by atomic mass is 35.5. The van der Waals surface area contributed by atoms with E-state index in [2.05, 4.69) is 20.3 Å². The summed E-state index contributed by atoms with van der Waals surface area (Å²) < 4.78 is 29.2. The summed E-state index contributed by atoms with van der Waals surface area (Å²) in [5, 5.41) is 4.38. The van der Waals surface area contributed by atoms with Gasteiger partial charge in [0.2, 0.25) is 0 Å². The Labute approximate surface area is 260 Å². The third kappa shape index (κ3) is 7.72. The number of aliphatic imine (C=N–C) groups is 1. The molecule has 1 aliphatic heterocycles. The van der Waals surface area contributed by atoms with Gasteiger partial charge in [-0.2, -0.15) is 4.98 Å².